The second-order valence-electron chi connectivity index (χ2n) is 9.26. The maximum absolute atomic E-state index is 13.1. The standard InChI is InChI=1S/C24H33N3O3S2/c1-17-9-10-20(32(29,30)26-24(3,4)5)15-21(17)23(28)25-22-8-6-7-19(18(22)2)16-27-11-13-31-14-12-27/h6-10,15,26H,11-14,16H2,1-5H3,(H,25,28). The molecule has 0 atom stereocenters. The molecule has 174 valence electrons. The molecule has 32 heavy (non-hydrogen) atoms. The number of benzene rings is 2. The van der Waals surface area contributed by atoms with Crippen molar-refractivity contribution in [1.29, 1.82) is 0 Å². The highest BCUT2D eigenvalue weighted by atomic mass is 32.2. The van der Waals surface area contributed by atoms with Gasteiger partial charge in [0.15, 0.2) is 0 Å². The third-order valence-electron chi connectivity index (χ3n) is 5.40. The number of amides is 1. The number of aryl methyl sites for hydroxylation is 1. The fraction of sp³-hybridized carbons (Fsp3) is 0.458. The average molecular weight is 476 g/mol. The predicted octanol–water partition coefficient (Wildman–Crippen LogP) is 4.18. The lowest BCUT2D eigenvalue weighted by atomic mass is 10.0. The second kappa shape index (κ2) is 9.95. The van der Waals surface area contributed by atoms with E-state index >= 15 is 0 Å². The minimum atomic E-state index is -3.73. The lowest BCUT2D eigenvalue weighted by Gasteiger charge is -2.27. The topological polar surface area (TPSA) is 78.5 Å². The zero-order chi connectivity index (χ0) is 23.5. The number of rotatable bonds is 6. The molecule has 6 nitrogen and oxygen atoms in total. The van der Waals surface area contributed by atoms with E-state index in [2.05, 4.69) is 21.0 Å². The van der Waals surface area contributed by atoms with Crippen LogP contribution in [0, 0.1) is 13.8 Å². The number of carbonyl (C=O) groups is 1. The average Bonchev–Trinajstić information content (AvgIpc) is 2.70. The Balaban J connectivity index is 1.82. The first-order valence-corrected chi connectivity index (χ1v) is 13.4. The molecule has 0 aromatic heterocycles. The Bertz CT molecular complexity index is 1090. The van der Waals surface area contributed by atoms with Crippen molar-refractivity contribution in [2.75, 3.05) is 29.9 Å². The van der Waals surface area contributed by atoms with Crippen LogP contribution in [0.5, 0.6) is 0 Å². The van der Waals surface area contributed by atoms with Gasteiger partial charge >= 0.3 is 0 Å². The molecule has 1 heterocycles. The summed E-state index contributed by atoms with van der Waals surface area (Å²) in [6.07, 6.45) is 0. The number of nitrogens with zero attached hydrogens (tertiary/aromatic N) is 1. The van der Waals surface area contributed by atoms with Gasteiger partial charge in [0.2, 0.25) is 10.0 Å². The molecule has 0 radical (unpaired) electrons. The summed E-state index contributed by atoms with van der Waals surface area (Å²) in [4.78, 5) is 15.6. The molecule has 0 spiro atoms. The fourth-order valence-corrected chi connectivity index (χ4v) is 6.08. The van der Waals surface area contributed by atoms with Crippen LogP contribution in [-0.2, 0) is 16.6 Å². The summed E-state index contributed by atoms with van der Waals surface area (Å²) in [6.45, 7) is 12.2. The van der Waals surface area contributed by atoms with E-state index in [1.165, 1.54) is 17.7 Å². The molecule has 0 aliphatic carbocycles. The van der Waals surface area contributed by atoms with Crippen LogP contribution in [0.25, 0.3) is 0 Å². The van der Waals surface area contributed by atoms with Crippen LogP contribution in [0.4, 0.5) is 5.69 Å². The Labute approximate surface area is 196 Å². The van der Waals surface area contributed by atoms with Crippen LogP contribution in [0.2, 0.25) is 0 Å². The first kappa shape index (κ1) is 24.8. The molecule has 1 saturated heterocycles. The van der Waals surface area contributed by atoms with E-state index in [1.54, 1.807) is 33.8 Å². The van der Waals surface area contributed by atoms with Gasteiger partial charge in [-0.2, -0.15) is 11.8 Å². The maximum atomic E-state index is 13.1. The van der Waals surface area contributed by atoms with Crippen molar-refractivity contribution in [2.24, 2.45) is 0 Å². The van der Waals surface area contributed by atoms with Crippen molar-refractivity contribution >= 4 is 33.4 Å². The summed E-state index contributed by atoms with van der Waals surface area (Å²) in [6, 6.07) is 10.6. The lowest BCUT2D eigenvalue weighted by molar-refractivity contribution is 0.102. The molecule has 1 aliphatic rings. The van der Waals surface area contributed by atoms with Crippen molar-refractivity contribution < 1.29 is 13.2 Å². The van der Waals surface area contributed by atoms with Gasteiger partial charge in [-0.3, -0.25) is 9.69 Å². The zero-order valence-corrected chi connectivity index (χ0v) is 21.1. The highest BCUT2D eigenvalue weighted by Gasteiger charge is 2.24. The minimum Gasteiger partial charge on any atom is -0.322 e. The van der Waals surface area contributed by atoms with Gasteiger partial charge in [0.25, 0.3) is 5.91 Å². The molecule has 2 aromatic carbocycles. The molecule has 0 unspecified atom stereocenters. The number of nitrogens with one attached hydrogen (secondary N) is 2. The molecular formula is C24H33N3O3S2. The van der Waals surface area contributed by atoms with E-state index in [4.69, 9.17) is 0 Å². The Morgan fingerprint density at radius 1 is 1.09 bits per heavy atom. The first-order valence-electron chi connectivity index (χ1n) is 10.8. The monoisotopic (exact) mass is 475 g/mol. The van der Waals surface area contributed by atoms with Crippen molar-refractivity contribution in [3.05, 3.63) is 58.7 Å². The summed E-state index contributed by atoms with van der Waals surface area (Å²) in [5.74, 6) is 1.99. The van der Waals surface area contributed by atoms with Gasteiger partial charge in [0.1, 0.15) is 0 Å². The molecule has 0 saturated carbocycles. The Morgan fingerprint density at radius 2 is 1.78 bits per heavy atom. The van der Waals surface area contributed by atoms with Crippen molar-refractivity contribution in [3.8, 4) is 0 Å². The molecule has 2 aromatic rings. The van der Waals surface area contributed by atoms with Crippen molar-refractivity contribution in [1.82, 2.24) is 9.62 Å². The molecule has 1 fully saturated rings. The number of hydrogen-bond acceptors (Lipinski definition) is 5. The number of carbonyl (C=O) groups excluding carboxylic acids is 1. The van der Waals surface area contributed by atoms with Crippen LogP contribution in [-0.4, -0.2) is 49.4 Å². The maximum Gasteiger partial charge on any atom is 0.255 e. The minimum absolute atomic E-state index is 0.0802. The number of anilines is 1. The van der Waals surface area contributed by atoms with E-state index < -0.39 is 15.6 Å². The molecule has 1 aliphatic heterocycles. The van der Waals surface area contributed by atoms with E-state index in [1.807, 2.05) is 30.8 Å². The summed E-state index contributed by atoms with van der Waals surface area (Å²) in [5.41, 5.74) is 3.43. The van der Waals surface area contributed by atoms with Gasteiger partial charge in [-0.25, -0.2) is 13.1 Å². The second-order valence-corrected chi connectivity index (χ2v) is 12.2. The Morgan fingerprint density at radius 3 is 2.44 bits per heavy atom. The molecule has 8 heteroatoms. The Kier molecular flexibility index (Phi) is 7.70. The Hall–Kier alpha value is -1.87. The number of sulfonamides is 1. The normalized spacial score (nSPS) is 15.5. The quantitative estimate of drug-likeness (QED) is 0.655. The summed E-state index contributed by atoms with van der Waals surface area (Å²) in [7, 11) is -3.73. The SMILES string of the molecule is Cc1ccc(S(=O)(=O)NC(C)(C)C)cc1C(=O)Nc1cccc(CN2CCSCC2)c1C. The van der Waals surface area contributed by atoms with Gasteiger partial charge in [0, 0.05) is 47.9 Å². The largest absolute Gasteiger partial charge is 0.322 e. The summed E-state index contributed by atoms with van der Waals surface area (Å²) in [5, 5.41) is 3.00. The zero-order valence-electron chi connectivity index (χ0n) is 19.5. The third kappa shape index (κ3) is 6.34. The molecule has 2 N–H and O–H groups in total. The highest BCUT2D eigenvalue weighted by molar-refractivity contribution is 7.99. The fourth-order valence-electron chi connectivity index (χ4n) is 3.65. The van der Waals surface area contributed by atoms with Crippen molar-refractivity contribution in [3.63, 3.8) is 0 Å². The molecule has 3 rings (SSSR count). The van der Waals surface area contributed by atoms with E-state index in [0.29, 0.717) is 5.56 Å². The number of hydrogen-bond donors (Lipinski definition) is 2. The molecule has 1 amide bonds. The predicted molar refractivity (Wildman–Crippen MR) is 133 cm³/mol. The van der Waals surface area contributed by atoms with Gasteiger partial charge in [0.05, 0.1) is 4.90 Å². The molecule has 0 bridgehead atoms. The van der Waals surface area contributed by atoms with Crippen LogP contribution < -0.4 is 10.0 Å². The smallest absolute Gasteiger partial charge is 0.255 e. The van der Waals surface area contributed by atoms with E-state index in [0.717, 1.165) is 48.0 Å². The van der Waals surface area contributed by atoms with Gasteiger partial charge in [-0.05, 0) is 69.5 Å². The highest BCUT2D eigenvalue weighted by Crippen LogP contribution is 2.24. The summed E-state index contributed by atoms with van der Waals surface area (Å²) >= 11 is 1.98. The van der Waals surface area contributed by atoms with Crippen LogP contribution in [0.3, 0.4) is 0 Å². The van der Waals surface area contributed by atoms with Gasteiger partial charge < -0.3 is 5.32 Å². The number of thioether (sulfide) groups is 1. The van der Waals surface area contributed by atoms with Crippen molar-refractivity contribution in [2.45, 2.75) is 51.6 Å². The first-order chi connectivity index (χ1) is 15.0. The van der Waals surface area contributed by atoms with Crippen LogP contribution >= 0.6 is 11.8 Å². The van der Waals surface area contributed by atoms with Gasteiger partial charge in [-0.15, -0.1) is 0 Å². The molecular weight excluding hydrogens is 442 g/mol. The summed E-state index contributed by atoms with van der Waals surface area (Å²) < 4.78 is 28.1. The van der Waals surface area contributed by atoms with E-state index in [9.17, 15) is 13.2 Å². The van der Waals surface area contributed by atoms with Crippen LogP contribution in [0.15, 0.2) is 41.3 Å². The van der Waals surface area contributed by atoms with Crippen LogP contribution in [0.1, 0.15) is 47.8 Å². The van der Waals surface area contributed by atoms with E-state index in [-0.39, 0.29) is 10.8 Å². The van der Waals surface area contributed by atoms with Gasteiger partial charge in [-0.1, -0.05) is 18.2 Å². The third-order valence-corrected chi connectivity index (χ3v) is 8.09. The lowest BCUT2D eigenvalue weighted by Crippen LogP contribution is -2.40.